The highest BCUT2D eigenvalue weighted by atomic mass is 15.3. The van der Waals surface area contributed by atoms with E-state index in [1.54, 1.807) is 6.20 Å². The van der Waals surface area contributed by atoms with Crippen LogP contribution in [-0.2, 0) is 0 Å². The van der Waals surface area contributed by atoms with Gasteiger partial charge in [-0.15, -0.1) is 0 Å². The summed E-state index contributed by atoms with van der Waals surface area (Å²) in [5, 5.41) is 3.37. The molecule has 0 aliphatic heterocycles. The number of nitrogens with two attached hydrogens (primary N) is 1. The van der Waals surface area contributed by atoms with Crippen LogP contribution in [0.3, 0.4) is 0 Å². The van der Waals surface area contributed by atoms with E-state index in [0.717, 1.165) is 17.8 Å². The lowest BCUT2D eigenvalue weighted by Gasteiger charge is -2.16. The molecule has 1 atom stereocenters. The second-order valence-corrected chi connectivity index (χ2v) is 4.06. The number of nitrogens with zero attached hydrogens (tertiary/aromatic N) is 2. The standard InChI is InChI=1S/C11H21N5/c1-4-5-6-9(3)14-10-8(2)7-13-11(15-10)16-12/h7,9H,4-6,12H2,1-3H3,(H2,13,14,15,16). The molecule has 0 spiro atoms. The van der Waals surface area contributed by atoms with Crippen LogP contribution in [0.4, 0.5) is 11.8 Å². The molecule has 0 amide bonds. The topological polar surface area (TPSA) is 75.9 Å². The number of unbranched alkanes of at least 4 members (excludes halogenated alkanes) is 1. The summed E-state index contributed by atoms with van der Waals surface area (Å²) in [6.07, 6.45) is 5.34. The number of hydrogen-bond donors (Lipinski definition) is 3. The number of nitrogens with one attached hydrogen (secondary N) is 2. The number of hydrogen-bond acceptors (Lipinski definition) is 5. The van der Waals surface area contributed by atoms with Gasteiger partial charge in [-0.2, -0.15) is 4.98 Å². The van der Waals surface area contributed by atoms with Gasteiger partial charge >= 0.3 is 0 Å². The lowest BCUT2D eigenvalue weighted by molar-refractivity contribution is 0.642. The fourth-order valence-corrected chi connectivity index (χ4v) is 1.47. The third kappa shape index (κ3) is 3.66. The average Bonchev–Trinajstić information content (AvgIpc) is 2.29. The zero-order chi connectivity index (χ0) is 12.0. The normalized spacial score (nSPS) is 12.2. The van der Waals surface area contributed by atoms with Crippen LogP contribution >= 0.6 is 0 Å². The van der Waals surface area contributed by atoms with Crippen LogP contribution in [0.1, 0.15) is 38.7 Å². The fraction of sp³-hybridized carbons (Fsp3) is 0.636. The number of rotatable bonds is 6. The third-order valence-corrected chi connectivity index (χ3v) is 2.47. The van der Waals surface area contributed by atoms with Crippen LogP contribution < -0.4 is 16.6 Å². The largest absolute Gasteiger partial charge is 0.367 e. The van der Waals surface area contributed by atoms with E-state index in [9.17, 15) is 0 Å². The maximum Gasteiger partial charge on any atom is 0.239 e. The summed E-state index contributed by atoms with van der Waals surface area (Å²) in [5.74, 6) is 6.57. The van der Waals surface area contributed by atoms with Crippen molar-refractivity contribution in [1.82, 2.24) is 9.97 Å². The minimum absolute atomic E-state index is 0.416. The molecule has 0 bridgehead atoms. The molecule has 1 aromatic heterocycles. The van der Waals surface area contributed by atoms with E-state index in [4.69, 9.17) is 5.84 Å². The number of anilines is 2. The van der Waals surface area contributed by atoms with Gasteiger partial charge in [0.25, 0.3) is 0 Å². The second-order valence-electron chi connectivity index (χ2n) is 4.06. The van der Waals surface area contributed by atoms with E-state index in [-0.39, 0.29) is 0 Å². The summed E-state index contributed by atoms with van der Waals surface area (Å²) < 4.78 is 0. The SMILES string of the molecule is CCCCC(C)Nc1nc(NN)ncc1C. The summed E-state index contributed by atoms with van der Waals surface area (Å²) >= 11 is 0. The van der Waals surface area contributed by atoms with E-state index in [1.807, 2.05) is 6.92 Å². The minimum Gasteiger partial charge on any atom is -0.367 e. The Labute approximate surface area is 96.8 Å². The Balaban J connectivity index is 2.64. The molecule has 1 unspecified atom stereocenters. The van der Waals surface area contributed by atoms with E-state index in [1.165, 1.54) is 12.8 Å². The predicted octanol–water partition coefficient (Wildman–Crippen LogP) is 2.06. The summed E-state index contributed by atoms with van der Waals surface area (Å²) in [4.78, 5) is 8.32. The van der Waals surface area contributed by atoms with Crippen LogP contribution in [0.25, 0.3) is 0 Å². The van der Waals surface area contributed by atoms with Crippen LogP contribution in [0.2, 0.25) is 0 Å². The molecule has 0 radical (unpaired) electrons. The van der Waals surface area contributed by atoms with Crippen LogP contribution in [0, 0.1) is 6.92 Å². The molecule has 5 heteroatoms. The summed E-state index contributed by atoms with van der Waals surface area (Å²) in [6, 6.07) is 0.416. The van der Waals surface area contributed by atoms with Crippen molar-refractivity contribution < 1.29 is 0 Å². The highest BCUT2D eigenvalue weighted by molar-refractivity contribution is 5.46. The van der Waals surface area contributed by atoms with Crippen molar-refractivity contribution in [2.24, 2.45) is 5.84 Å². The first kappa shape index (κ1) is 12.7. The van der Waals surface area contributed by atoms with Crippen molar-refractivity contribution >= 4 is 11.8 Å². The molecule has 0 saturated carbocycles. The highest BCUT2D eigenvalue weighted by Crippen LogP contribution is 2.14. The monoisotopic (exact) mass is 223 g/mol. The van der Waals surface area contributed by atoms with Crippen molar-refractivity contribution in [2.45, 2.75) is 46.1 Å². The van der Waals surface area contributed by atoms with Crippen molar-refractivity contribution in [2.75, 3.05) is 10.7 Å². The summed E-state index contributed by atoms with van der Waals surface area (Å²) in [6.45, 7) is 6.33. The molecule has 0 aliphatic carbocycles. The number of nitrogen functional groups attached to an aromatic ring is 1. The lowest BCUT2D eigenvalue weighted by atomic mass is 10.1. The van der Waals surface area contributed by atoms with Gasteiger partial charge in [-0.1, -0.05) is 19.8 Å². The first-order valence-electron chi connectivity index (χ1n) is 5.74. The van der Waals surface area contributed by atoms with Crippen molar-refractivity contribution in [1.29, 1.82) is 0 Å². The Morgan fingerprint density at radius 1 is 1.50 bits per heavy atom. The summed E-state index contributed by atoms with van der Waals surface area (Å²) in [7, 11) is 0. The second kappa shape index (κ2) is 6.27. The molecule has 1 aromatic rings. The van der Waals surface area contributed by atoms with E-state index in [2.05, 4.69) is 34.6 Å². The van der Waals surface area contributed by atoms with Crippen molar-refractivity contribution in [3.05, 3.63) is 11.8 Å². The quantitative estimate of drug-likeness (QED) is 0.508. The van der Waals surface area contributed by atoms with Gasteiger partial charge in [0, 0.05) is 17.8 Å². The molecule has 0 fully saturated rings. The molecule has 0 aliphatic rings. The molecule has 1 rings (SSSR count). The average molecular weight is 223 g/mol. The van der Waals surface area contributed by atoms with E-state index >= 15 is 0 Å². The van der Waals surface area contributed by atoms with Gasteiger partial charge in [0.05, 0.1) is 0 Å². The zero-order valence-corrected chi connectivity index (χ0v) is 10.2. The number of hydrazine groups is 1. The van der Waals surface area contributed by atoms with E-state index in [0.29, 0.717) is 12.0 Å². The highest BCUT2D eigenvalue weighted by Gasteiger charge is 2.06. The Kier molecular flexibility index (Phi) is 4.98. The smallest absolute Gasteiger partial charge is 0.239 e. The van der Waals surface area contributed by atoms with Gasteiger partial charge in [0.1, 0.15) is 5.82 Å². The Hall–Kier alpha value is -1.36. The van der Waals surface area contributed by atoms with Gasteiger partial charge in [0.15, 0.2) is 0 Å². The summed E-state index contributed by atoms with van der Waals surface area (Å²) in [5.41, 5.74) is 3.48. The van der Waals surface area contributed by atoms with Crippen molar-refractivity contribution in [3.63, 3.8) is 0 Å². The molecule has 5 nitrogen and oxygen atoms in total. The minimum atomic E-state index is 0.416. The Morgan fingerprint density at radius 2 is 2.25 bits per heavy atom. The molecule has 90 valence electrons. The van der Waals surface area contributed by atoms with Gasteiger partial charge in [-0.3, -0.25) is 5.43 Å². The van der Waals surface area contributed by atoms with Crippen molar-refractivity contribution in [3.8, 4) is 0 Å². The lowest BCUT2D eigenvalue weighted by Crippen LogP contribution is -2.18. The molecular weight excluding hydrogens is 202 g/mol. The molecule has 16 heavy (non-hydrogen) atoms. The first-order valence-corrected chi connectivity index (χ1v) is 5.74. The van der Waals surface area contributed by atoms with E-state index < -0.39 is 0 Å². The Morgan fingerprint density at radius 3 is 2.88 bits per heavy atom. The fourth-order valence-electron chi connectivity index (χ4n) is 1.47. The number of aromatic nitrogens is 2. The maximum atomic E-state index is 5.28. The molecular formula is C11H21N5. The zero-order valence-electron chi connectivity index (χ0n) is 10.2. The first-order chi connectivity index (χ1) is 7.67. The van der Waals surface area contributed by atoms with Crippen LogP contribution in [0.5, 0.6) is 0 Å². The van der Waals surface area contributed by atoms with Gasteiger partial charge in [0.2, 0.25) is 5.95 Å². The van der Waals surface area contributed by atoms with Crippen LogP contribution in [-0.4, -0.2) is 16.0 Å². The van der Waals surface area contributed by atoms with Gasteiger partial charge < -0.3 is 5.32 Å². The molecule has 1 heterocycles. The predicted molar refractivity (Wildman–Crippen MR) is 67.2 cm³/mol. The molecule has 4 N–H and O–H groups in total. The maximum absolute atomic E-state index is 5.28. The van der Waals surface area contributed by atoms with Crippen LogP contribution in [0.15, 0.2) is 6.20 Å². The molecule has 0 aromatic carbocycles. The van der Waals surface area contributed by atoms with Gasteiger partial charge in [-0.25, -0.2) is 10.8 Å². The Bertz CT molecular complexity index is 326. The van der Waals surface area contributed by atoms with Gasteiger partial charge in [-0.05, 0) is 20.3 Å². The third-order valence-electron chi connectivity index (χ3n) is 2.47. The number of aryl methyl sites for hydroxylation is 1. The molecule has 0 saturated heterocycles.